The van der Waals surface area contributed by atoms with Gasteiger partial charge in [-0.25, -0.2) is 0 Å². The number of fused-ring (bicyclic) bond motifs is 3. The zero-order chi connectivity index (χ0) is 20.7. The molecule has 5 heterocycles. The van der Waals surface area contributed by atoms with Crippen LogP contribution in [0.25, 0.3) is 11.0 Å². The van der Waals surface area contributed by atoms with Gasteiger partial charge in [0.25, 0.3) is 0 Å². The van der Waals surface area contributed by atoms with E-state index in [4.69, 9.17) is 15.2 Å². The molecule has 2 fully saturated rings. The predicted molar refractivity (Wildman–Crippen MR) is 116 cm³/mol. The van der Waals surface area contributed by atoms with Crippen LogP contribution in [-0.4, -0.2) is 54.7 Å². The van der Waals surface area contributed by atoms with Crippen molar-refractivity contribution in [1.29, 1.82) is 5.26 Å². The highest BCUT2D eigenvalue weighted by Crippen LogP contribution is 2.37. The third-order valence-corrected chi connectivity index (χ3v) is 6.38. The van der Waals surface area contributed by atoms with Gasteiger partial charge in [-0.3, -0.25) is 10.00 Å². The van der Waals surface area contributed by atoms with E-state index >= 15 is 0 Å². The SMILES string of the molecule is Cc1cc(Nc2nc(NC3CC4CC[C@@H](C3)N4CCC#N)nc3[nH]cc(C)c23)n[nH]1. The summed E-state index contributed by atoms with van der Waals surface area (Å²) in [5.74, 6) is 2.12. The van der Waals surface area contributed by atoms with E-state index in [1.54, 1.807) is 0 Å². The molecule has 156 valence electrons. The molecule has 0 aromatic carbocycles. The third kappa shape index (κ3) is 3.48. The number of piperidine rings is 1. The quantitative estimate of drug-likeness (QED) is 0.496. The molecule has 2 unspecified atom stereocenters. The maximum absolute atomic E-state index is 8.94. The molecule has 5 rings (SSSR count). The largest absolute Gasteiger partial charge is 0.351 e. The second-order valence-corrected chi connectivity index (χ2v) is 8.50. The Balaban J connectivity index is 1.37. The van der Waals surface area contributed by atoms with Gasteiger partial charge in [0.15, 0.2) is 5.82 Å². The number of anilines is 3. The Kier molecular flexibility index (Phi) is 4.79. The molecule has 9 heteroatoms. The fraction of sp³-hybridized carbons (Fsp3) is 0.524. The molecule has 0 amide bonds. The number of aromatic nitrogens is 5. The van der Waals surface area contributed by atoms with E-state index in [0.29, 0.717) is 30.5 Å². The van der Waals surface area contributed by atoms with Crippen molar-refractivity contribution < 1.29 is 0 Å². The maximum atomic E-state index is 8.94. The number of nitrogens with zero attached hydrogens (tertiary/aromatic N) is 5. The van der Waals surface area contributed by atoms with Gasteiger partial charge in [0.1, 0.15) is 11.5 Å². The minimum atomic E-state index is 0.342. The van der Waals surface area contributed by atoms with Crippen molar-refractivity contribution in [2.45, 2.75) is 64.1 Å². The minimum absolute atomic E-state index is 0.342. The normalized spacial score (nSPS) is 23.6. The van der Waals surface area contributed by atoms with Crippen LogP contribution < -0.4 is 10.6 Å². The summed E-state index contributed by atoms with van der Waals surface area (Å²) in [6.07, 6.45) is 7.13. The van der Waals surface area contributed by atoms with Gasteiger partial charge in [-0.05, 0) is 45.1 Å². The van der Waals surface area contributed by atoms with Gasteiger partial charge in [-0.1, -0.05) is 0 Å². The Hall–Kier alpha value is -3.12. The molecule has 3 atom stereocenters. The Labute approximate surface area is 175 Å². The van der Waals surface area contributed by atoms with Crippen molar-refractivity contribution in [3.05, 3.63) is 23.5 Å². The molecule has 30 heavy (non-hydrogen) atoms. The Morgan fingerprint density at radius 1 is 1.23 bits per heavy atom. The lowest BCUT2D eigenvalue weighted by atomic mass is 9.97. The number of aromatic amines is 2. The van der Waals surface area contributed by atoms with Crippen LogP contribution >= 0.6 is 0 Å². The van der Waals surface area contributed by atoms with Gasteiger partial charge in [0.2, 0.25) is 5.95 Å². The van der Waals surface area contributed by atoms with Crippen LogP contribution in [0.5, 0.6) is 0 Å². The zero-order valence-corrected chi connectivity index (χ0v) is 17.4. The van der Waals surface area contributed by atoms with Crippen molar-refractivity contribution in [3.8, 4) is 6.07 Å². The summed E-state index contributed by atoms with van der Waals surface area (Å²) in [5.41, 5.74) is 2.90. The van der Waals surface area contributed by atoms with Gasteiger partial charge in [0, 0.05) is 49.0 Å². The molecule has 2 aliphatic rings. The average molecular weight is 406 g/mol. The Morgan fingerprint density at radius 2 is 2.03 bits per heavy atom. The van der Waals surface area contributed by atoms with E-state index in [1.165, 1.54) is 12.8 Å². The first-order valence-electron chi connectivity index (χ1n) is 10.6. The molecule has 0 radical (unpaired) electrons. The average Bonchev–Trinajstić information content (AvgIpc) is 3.36. The van der Waals surface area contributed by atoms with Crippen molar-refractivity contribution in [3.63, 3.8) is 0 Å². The van der Waals surface area contributed by atoms with E-state index in [2.05, 4.69) is 36.8 Å². The van der Waals surface area contributed by atoms with Crippen LogP contribution in [0.2, 0.25) is 0 Å². The molecule has 2 aliphatic heterocycles. The Morgan fingerprint density at radius 3 is 2.73 bits per heavy atom. The maximum Gasteiger partial charge on any atom is 0.226 e. The highest BCUT2D eigenvalue weighted by Gasteiger charge is 2.40. The fourth-order valence-electron chi connectivity index (χ4n) is 5.06. The summed E-state index contributed by atoms with van der Waals surface area (Å²) in [5, 5.41) is 24.1. The van der Waals surface area contributed by atoms with Gasteiger partial charge in [-0.15, -0.1) is 0 Å². The summed E-state index contributed by atoms with van der Waals surface area (Å²) in [7, 11) is 0. The number of nitrogens with one attached hydrogen (secondary N) is 4. The van der Waals surface area contributed by atoms with Crippen LogP contribution in [-0.2, 0) is 0 Å². The van der Waals surface area contributed by atoms with Crippen molar-refractivity contribution in [2.75, 3.05) is 17.2 Å². The fourth-order valence-corrected chi connectivity index (χ4v) is 5.06. The first-order valence-corrected chi connectivity index (χ1v) is 10.6. The smallest absolute Gasteiger partial charge is 0.226 e. The lowest BCUT2D eigenvalue weighted by Crippen LogP contribution is -2.47. The summed E-state index contributed by atoms with van der Waals surface area (Å²) in [6, 6.07) is 5.69. The van der Waals surface area contributed by atoms with Crippen LogP contribution in [0.3, 0.4) is 0 Å². The molecule has 3 aromatic heterocycles. The van der Waals surface area contributed by atoms with E-state index in [1.807, 2.05) is 26.1 Å². The Bertz CT molecular complexity index is 1080. The molecule has 0 aliphatic carbocycles. The van der Waals surface area contributed by atoms with Gasteiger partial charge in [0.05, 0.1) is 11.5 Å². The molecular weight excluding hydrogens is 378 g/mol. The topological polar surface area (TPSA) is 121 Å². The summed E-state index contributed by atoms with van der Waals surface area (Å²) >= 11 is 0. The second-order valence-electron chi connectivity index (χ2n) is 8.50. The zero-order valence-electron chi connectivity index (χ0n) is 17.4. The van der Waals surface area contributed by atoms with E-state index < -0.39 is 0 Å². The molecule has 0 saturated carbocycles. The highest BCUT2D eigenvalue weighted by atomic mass is 15.3. The monoisotopic (exact) mass is 405 g/mol. The minimum Gasteiger partial charge on any atom is -0.351 e. The number of nitriles is 1. The molecule has 9 nitrogen and oxygen atoms in total. The lowest BCUT2D eigenvalue weighted by molar-refractivity contribution is 0.135. The first-order chi connectivity index (χ1) is 14.6. The van der Waals surface area contributed by atoms with Crippen molar-refractivity contribution in [1.82, 2.24) is 30.0 Å². The number of aryl methyl sites for hydroxylation is 2. The lowest BCUT2D eigenvalue weighted by Gasteiger charge is -2.38. The highest BCUT2D eigenvalue weighted by molar-refractivity contribution is 5.92. The number of H-pyrrole nitrogens is 2. The van der Waals surface area contributed by atoms with Crippen LogP contribution in [0.15, 0.2) is 12.3 Å². The molecule has 4 N–H and O–H groups in total. The predicted octanol–water partition coefficient (Wildman–Crippen LogP) is 3.36. The third-order valence-electron chi connectivity index (χ3n) is 6.38. The molecule has 0 spiro atoms. The van der Waals surface area contributed by atoms with Gasteiger partial charge >= 0.3 is 0 Å². The van der Waals surface area contributed by atoms with Crippen molar-refractivity contribution >= 4 is 28.6 Å². The van der Waals surface area contributed by atoms with Crippen LogP contribution in [0.4, 0.5) is 17.6 Å². The van der Waals surface area contributed by atoms with Gasteiger partial charge < -0.3 is 15.6 Å². The van der Waals surface area contributed by atoms with Crippen LogP contribution in [0.1, 0.15) is 43.4 Å². The van der Waals surface area contributed by atoms with Crippen LogP contribution in [0, 0.1) is 25.2 Å². The molecule has 2 bridgehead atoms. The van der Waals surface area contributed by atoms with E-state index in [-0.39, 0.29) is 0 Å². The second kappa shape index (κ2) is 7.61. The molecular formula is C21H27N9. The first kappa shape index (κ1) is 18.9. The van der Waals surface area contributed by atoms with E-state index in [0.717, 1.165) is 53.3 Å². The summed E-state index contributed by atoms with van der Waals surface area (Å²) in [6.45, 7) is 4.91. The standard InChI is InChI=1S/C21H27N9/c1-12-11-23-19-18(12)20(25-17-8-13(2)28-29-17)27-21(26-19)24-14-9-15-4-5-16(10-14)30(15)7-3-6-22/h8,11,14-16H,3-5,7,9-10H2,1-2H3,(H4,23,24,25,26,27,28,29)/t14?,15-,16?/m0/s1. The molecule has 2 saturated heterocycles. The number of rotatable bonds is 6. The summed E-state index contributed by atoms with van der Waals surface area (Å²) < 4.78 is 0. The van der Waals surface area contributed by atoms with Gasteiger partial charge in [-0.2, -0.15) is 20.3 Å². The van der Waals surface area contributed by atoms with E-state index in [9.17, 15) is 0 Å². The number of hydrogen-bond acceptors (Lipinski definition) is 7. The number of hydrogen-bond donors (Lipinski definition) is 4. The van der Waals surface area contributed by atoms with Crippen molar-refractivity contribution in [2.24, 2.45) is 0 Å². The summed E-state index contributed by atoms with van der Waals surface area (Å²) in [4.78, 5) is 15.3. The molecule has 3 aromatic rings.